The quantitative estimate of drug-likeness (QED) is 0.576. The van der Waals surface area contributed by atoms with Crippen molar-refractivity contribution in [3.63, 3.8) is 0 Å². The Morgan fingerprint density at radius 3 is 2.55 bits per heavy atom. The minimum absolute atomic E-state index is 0.163. The number of nitrogens with two attached hydrogens (primary N) is 1. The molecule has 0 bridgehead atoms. The largest absolute Gasteiger partial charge is 0.370 e. The Morgan fingerprint density at radius 1 is 1.12 bits per heavy atom. The first-order chi connectivity index (χ1) is 15.8. The Kier molecular flexibility index (Phi) is 5.02. The predicted molar refractivity (Wildman–Crippen MR) is 121 cm³/mol. The average molecular weight is 467 g/mol. The zero-order valence-corrected chi connectivity index (χ0v) is 18.7. The number of anilines is 1. The molecule has 4 N–H and O–H groups in total. The third kappa shape index (κ3) is 3.08. The van der Waals surface area contributed by atoms with E-state index in [-0.39, 0.29) is 18.9 Å². The van der Waals surface area contributed by atoms with Gasteiger partial charge in [0.05, 0.1) is 17.5 Å². The van der Waals surface area contributed by atoms with Crippen molar-refractivity contribution in [2.75, 3.05) is 11.9 Å². The molecule has 170 valence electrons. The fraction of sp³-hybridized carbons (Fsp3) is 0.333. The summed E-state index contributed by atoms with van der Waals surface area (Å²) >= 11 is 6.26. The summed E-state index contributed by atoms with van der Waals surface area (Å²) in [6.07, 6.45) is 0.333. The summed E-state index contributed by atoms with van der Waals surface area (Å²) in [5.41, 5.74) is 6.74. The second-order valence-corrected chi connectivity index (χ2v) is 9.25. The lowest BCUT2D eigenvalue weighted by Gasteiger charge is -2.29. The number of likely N-dealkylation sites (tertiary alicyclic amines) is 1. The SMILES string of the molecule is Cc1c(Cl)ccc2c1NC(=O)C21NC(CC(N)=O)[C@H]2C(=O)N(CCc3ccccc3)C(=O)[C@H]21. The number of imide groups is 1. The molecule has 5 rings (SSSR count). The monoisotopic (exact) mass is 466 g/mol. The Labute approximate surface area is 195 Å². The normalized spacial score (nSPS) is 27.8. The van der Waals surface area contributed by atoms with E-state index in [1.165, 1.54) is 4.90 Å². The lowest BCUT2D eigenvalue weighted by atomic mass is 9.76. The van der Waals surface area contributed by atoms with E-state index < -0.39 is 41.1 Å². The van der Waals surface area contributed by atoms with Crippen LogP contribution in [0.2, 0.25) is 5.02 Å². The Hall–Kier alpha value is -3.23. The molecule has 0 aliphatic carbocycles. The standard InChI is InChI=1S/C24H23ClN4O4/c1-12-15(25)8-7-14-20(12)27-23(33)24(14)19-18(16(28-24)11-17(26)30)21(31)29(22(19)32)10-9-13-5-3-2-4-6-13/h2-8,16,18-19,28H,9-11H2,1H3,(H2,26,30)(H,27,33)/t16?,18-,19+,24?/m1/s1. The lowest BCUT2D eigenvalue weighted by Crippen LogP contribution is -2.53. The van der Waals surface area contributed by atoms with Gasteiger partial charge in [-0.3, -0.25) is 29.4 Å². The number of carbonyl (C=O) groups is 4. The Morgan fingerprint density at radius 2 is 1.85 bits per heavy atom. The van der Waals surface area contributed by atoms with Crippen LogP contribution >= 0.6 is 11.6 Å². The molecule has 2 unspecified atom stereocenters. The molecule has 4 atom stereocenters. The third-order valence-corrected chi connectivity index (χ3v) is 7.47. The maximum Gasteiger partial charge on any atom is 0.250 e. The van der Waals surface area contributed by atoms with E-state index in [0.29, 0.717) is 28.3 Å². The number of carbonyl (C=O) groups excluding carboxylic acids is 4. The number of rotatable bonds is 5. The lowest BCUT2D eigenvalue weighted by molar-refractivity contribution is -0.142. The summed E-state index contributed by atoms with van der Waals surface area (Å²) in [6, 6.07) is 12.2. The van der Waals surface area contributed by atoms with Gasteiger partial charge in [0, 0.05) is 29.6 Å². The van der Waals surface area contributed by atoms with Crippen molar-refractivity contribution in [1.82, 2.24) is 10.2 Å². The molecule has 2 aromatic carbocycles. The second kappa shape index (κ2) is 7.67. The maximum atomic E-state index is 13.7. The number of hydrogen-bond acceptors (Lipinski definition) is 5. The van der Waals surface area contributed by atoms with Crippen LogP contribution in [0.15, 0.2) is 42.5 Å². The third-order valence-electron chi connectivity index (χ3n) is 7.06. The first-order valence-corrected chi connectivity index (χ1v) is 11.2. The number of benzene rings is 2. The minimum atomic E-state index is -1.47. The minimum Gasteiger partial charge on any atom is -0.370 e. The highest BCUT2D eigenvalue weighted by Crippen LogP contribution is 2.54. The van der Waals surface area contributed by atoms with Crippen LogP contribution in [0.25, 0.3) is 0 Å². The van der Waals surface area contributed by atoms with Crippen molar-refractivity contribution in [3.05, 3.63) is 64.2 Å². The molecule has 0 saturated carbocycles. The summed E-state index contributed by atoms with van der Waals surface area (Å²) < 4.78 is 0. The van der Waals surface area contributed by atoms with Crippen molar-refractivity contribution in [1.29, 1.82) is 0 Å². The van der Waals surface area contributed by atoms with E-state index in [1.807, 2.05) is 30.3 Å². The van der Waals surface area contributed by atoms with Crippen LogP contribution in [-0.2, 0) is 31.1 Å². The average Bonchev–Trinajstić information content (AvgIpc) is 3.35. The first kappa shape index (κ1) is 21.6. The number of hydrogen-bond donors (Lipinski definition) is 3. The van der Waals surface area contributed by atoms with Gasteiger partial charge in [0.2, 0.25) is 23.6 Å². The fourth-order valence-corrected chi connectivity index (χ4v) is 5.70. The van der Waals surface area contributed by atoms with E-state index in [4.69, 9.17) is 17.3 Å². The molecule has 3 aliphatic rings. The van der Waals surface area contributed by atoms with E-state index >= 15 is 0 Å². The number of nitrogens with zero attached hydrogens (tertiary/aromatic N) is 1. The first-order valence-electron chi connectivity index (χ1n) is 10.8. The molecule has 33 heavy (non-hydrogen) atoms. The van der Waals surface area contributed by atoms with E-state index in [9.17, 15) is 19.2 Å². The summed E-state index contributed by atoms with van der Waals surface area (Å²) in [5, 5.41) is 6.51. The smallest absolute Gasteiger partial charge is 0.250 e. The van der Waals surface area contributed by atoms with Gasteiger partial charge in [-0.1, -0.05) is 48.0 Å². The molecule has 1 spiro atoms. The van der Waals surface area contributed by atoms with Crippen LogP contribution in [0, 0.1) is 18.8 Å². The van der Waals surface area contributed by atoms with Gasteiger partial charge in [0.25, 0.3) is 0 Å². The van der Waals surface area contributed by atoms with Gasteiger partial charge in [0.15, 0.2) is 0 Å². The second-order valence-electron chi connectivity index (χ2n) is 8.85. The van der Waals surface area contributed by atoms with E-state index in [2.05, 4.69) is 10.6 Å². The van der Waals surface area contributed by atoms with Crippen LogP contribution in [0.4, 0.5) is 5.69 Å². The van der Waals surface area contributed by atoms with Gasteiger partial charge in [-0.2, -0.15) is 0 Å². The van der Waals surface area contributed by atoms with Gasteiger partial charge in [0.1, 0.15) is 5.54 Å². The molecule has 2 aromatic rings. The Bertz CT molecular complexity index is 1200. The molecule has 3 aliphatic heterocycles. The zero-order valence-electron chi connectivity index (χ0n) is 17.9. The zero-order chi connectivity index (χ0) is 23.5. The molecule has 3 heterocycles. The molecule has 4 amide bonds. The van der Waals surface area contributed by atoms with Gasteiger partial charge in [-0.25, -0.2) is 0 Å². The summed E-state index contributed by atoms with van der Waals surface area (Å²) in [4.78, 5) is 53.6. The van der Waals surface area contributed by atoms with Gasteiger partial charge in [-0.15, -0.1) is 0 Å². The van der Waals surface area contributed by atoms with Gasteiger partial charge in [-0.05, 0) is 30.5 Å². The Balaban J connectivity index is 1.56. The molecule has 9 heteroatoms. The summed E-state index contributed by atoms with van der Waals surface area (Å²) in [6.45, 7) is 1.98. The molecule has 2 saturated heterocycles. The van der Waals surface area contributed by atoms with E-state index in [0.717, 1.165) is 5.56 Å². The number of fused-ring (bicyclic) bond motifs is 4. The molecule has 0 aromatic heterocycles. The van der Waals surface area contributed by atoms with Gasteiger partial charge >= 0.3 is 0 Å². The van der Waals surface area contributed by atoms with Crippen LogP contribution in [0.5, 0.6) is 0 Å². The van der Waals surface area contributed by atoms with Crippen LogP contribution < -0.4 is 16.4 Å². The van der Waals surface area contributed by atoms with E-state index in [1.54, 1.807) is 19.1 Å². The topological polar surface area (TPSA) is 122 Å². The van der Waals surface area contributed by atoms with Crippen molar-refractivity contribution in [2.24, 2.45) is 17.6 Å². The molecular formula is C24H23ClN4O4. The number of halogens is 1. The number of nitrogens with one attached hydrogen (secondary N) is 2. The highest BCUT2D eigenvalue weighted by atomic mass is 35.5. The highest BCUT2D eigenvalue weighted by molar-refractivity contribution is 6.32. The summed E-state index contributed by atoms with van der Waals surface area (Å²) in [5.74, 6) is -3.70. The van der Waals surface area contributed by atoms with Gasteiger partial charge < -0.3 is 11.1 Å². The van der Waals surface area contributed by atoms with Crippen molar-refractivity contribution in [3.8, 4) is 0 Å². The molecular weight excluding hydrogens is 444 g/mol. The fourth-order valence-electron chi connectivity index (χ4n) is 5.55. The predicted octanol–water partition coefficient (Wildman–Crippen LogP) is 1.49. The molecule has 8 nitrogen and oxygen atoms in total. The summed E-state index contributed by atoms with van der Waals surface area (Å²) in [7, 11) is 0. The number of primary amides is 1. The number of amides is 4. The van der Waals surface area contributed by atoms with Crippen LogP contribution in [0.1, 0.15) is 23.1 Å². The van der Waals surface area contributed by atoms with Crippen LogP contribution in [-0.4, -0.2) is 41.1 Å². The van der Waals surface area contributed by atoms with Crippen molar-refractivity contribution < 1.29 is 19.2 Å². The molecule has 2 fully saturated rings. The molecule has 0 radical (unpaired) electrons. The van der Waals surface area contributed by atoms with Crippen molar-refractivity contribution in [2.45, 2.75) is 31.3 Å². The van der Waals surface area contributed by atoms with Crippen LogP contribution in [0.3, 0.4) is 0 Å². The van der Waals surface area contributed by atoms with Crippen molar-refractivity contribution >= 4 is 40.9 Å². The highest BCUT2D eigenvalue weighted by Gasteiger charge is 2.70. The maximum absolute atomic E-state index is 13.7.